The molecule has 0 spiro atoms. The molecule has 15 heavy (non-hydrogen) atoms. The third-order valence-electron chi connectivity index (χ3n) is 3.26. The molecule has 2 amide bonds. The smallest absolute Gasteiger partial charge is 0.320 e. The lowest BCUT2D eigenvalue weighted by Crippen LogP contribution is -2.45. The van der Waals surface area contributed by atoms with Gasteiger partial charge in [0.15, 0.2) is 0 Å². The molecule has 0 aromatic rings. The molecular weight excluding hydrogens is 214 g/mol. The average Bonchev–Trinajstić information content (AvgIpc) is 2.87. The number of likely N-dealkylation sites (tertiary alicyclic amines) is 1. The van der Waals surface area contributed by atoms with Gasteiger partial charge in [0, 0.05) is 32.7 Å². The van der Waals surface area contributed by atoms with Gasteiger partial charge in [0.05, 0.1) is 0 Å². The molecular formula is C10H20ClN3O. The van der Waals surface area contributed by atoms with Crippen LogP contribution in [-0.4, -0.2) is 55.1 Å². The highest BCUT2D eigenvalue weighted by molar-refractivity contribution is 5.85. The third kappa shape index (κ3) is 2.75. The second-order valence-electron chi connectivity index (χ2n) is 4.23. The van der Waals surface area contributed by atoms with Gasteiger partial charge in [-0.1, -0.05) is 0 Å². The standard InChI is InChI=1S/C10H19N3O.ClH/c1-12(9-4-5-11-8-9)10(14)13-6-2-3-7-13;/h9,11H,2-8H2,1H3;1H/t9-;/m1./s1. The molecule has 0 unspecified atom stereocenters. The first-order valence-corrected chi connectivity index (χ1v) is 5.51. The van der Waals surface area contributed by atoms with Crippen molar-refractivity contribution < 1.29 is 4.79 Å². The Morgan fingerprint density at radius 3 is 2.60 bits per heavy atom. The van der Waals surface area contributed by atoms with Crippen molar-refractivity contribution in [2.75, 3.05) is 33.2 Å². The Morgan fingerprint density at radius 1 is 1.40 bits per heavy atom. The maximum absolute atomic E-state index is 12.0. The molecule has 2 fully saturated rings. The number of hydrogen-bond acceptors (Lipinski definition) is 2. The highest BCUT2D eigenvalue weighted by Crippen LogP contribution is 2.13. The van der Waals surface area contributed by atoms with E-state index >= 15 is 0 Å². The van der Waals surface area contributed by atoms with Crippen molar-refractivity contribution in [3.05, 3.63) is 0 Å². The van der Waals surface area contributed by atoms with Crippen LogP contribution in [0.4, 0.5) is 4.79 Å². The highest BCUT2D eigenvalue weighted by atomic mass is 35.5. The lowest BCUT2D eigenvalue weighted by Gasteiger charge is -2.28. The van der Waals surface area contributed by atoms with Crippen molar-refractivity contribution in [1.82, 2.24) is 15.1 Å². The summed E-state index contributed by atoms with van der Waals surface area (Å²) in [6.45, 7) is 3.89. The van der Waals surface area contributed by atoms with Gasteiger partial charge in [-0.15, -0.1) is 12.4 Å². The van der Waals surface area contributed by atoms with E-state index < -0.39 is 0 Å². The summed E-state index contributed by atoms with van der Waals surface area (Å²) in [4.78, 5) is 15.8. The van der Waals surface area contributed by atoms with Crippen LogP contribution in [0.15, 0.2) is 0 Å². The number of nitrogens with zero attached hydrogens (tertiary/aromatic N) is 2. The molecule has 1 N–H and O–H groups in total. The summed E-state index contributed by atoms with van der Waals surface area (Å²) < 4.78 is 0. The molecule has 0 aromatic carbocycles. The van der Waals surface area contributed by atoms with E-state index in [4.69, 9.17) is 0 Å². The van der Waals surface area contributed by atoms with Crippen molar-refractivity contribution in [2.45, 2.75) is 25.3 Å². The summed E-state index contributed by atoms with van der Waals surface area (Å²) in [7, 11) is 1.93. The molecule has 0 saturated carbocycles. The summed E-state index contributed by atoms with van der Waals surface area (Å²) in [5, 5.41) is 3.29. The summed E-state index contributed by atoms with van der Waals surface area (Å²) >= 11 is 0. The van der Waals surface area contributed by atoms with Crippen molar-refractivity contribution in [2.24, 2.45) is 0 Å². The van der Waals surface area contributed by atoms with Gasteiger partial charge in [-0.05, 0) is 25.8 Å². The monoisotopic (exact) mass is 233 g/mol. The lowest BCUT2D eigenvalue weighted by molar-refractivity contribution is 0.159. The molecule has 2 saturated heterocycles. The van der Waals surface area contributed by atoms with E-state index in [1.165, 1.54) is 12.8 Å². The first-order chi connectivity index (χ1) is 6.79. The molecule has 2 rings (SSSR count). The van der Waals surface area contributed by atoms with Gasteiger partial charge in [-0.2, -0.15) is 0 Å². The van der Waals surface area contributed by atoms with Gasteiger partial charge in [-0.25, -0.2) is 4.79 Å². The minimum atomic E-state index is 0. The van der Waals surface area contributed by atoms with E-state index in [-0.39, 0.29) is 18.4 Å². The Hall–Kier alpha value is -0.480. The van der Waals surface area contributed by atoms with E-state index in [0.29, 0.717) is 6.04 Å². The Labute approximate surface area is 97.4 Å². The second-order valence-corrected chi connectivity index (χ2v) is 4.23. The molecule has 2 heterocycles. The predicted molar refractivity (Wildman–Crippen MR) is 62.5 cm³/mol. The number of likely N-dealkylation sites (N-methyl/N-ethyl adjacent to an activating group) is 1. The zero-order valence-electron chi connectivity index (χ0n) is 9.24. The van der Waals surface area contributed by atoms with Crippen LogP contribution in [-0.2, 0) is 0 Å². The van der Waals surface area contributed by atoms with Crippen LogP contribution in [0.2, 0.25) is 0 Å². The summed E-state index contributed by atoms with van der Waals surface area (Å²) in [6, 6.07) is 0.624. The number of amides is 2. The van der Waals surface area contributed by atoms with Crippen molar-refractivity contribution in [3.8, 4) is 0 Å². The Morgan fingerprint density at radius 2 is 2.07 bits per heavy atom. The Kier molecular flexibility index (Phi) is 4.67. The number of hydrogen-bond donors (Lipinski definition) is 1. The molecule has 0 radical (unpaired) electrons. The van der Waals surface area contributed by atoms with Crippen LogP contribution in [0.3, 0.4) is 0 Å². The Balaban J connectivity index is 0.00000112. The lowest BCUT2D eigenvalue weighted by atomic mass is 10.2. The molecule has 2 aliphatic rings. The quantitative estimate of drug-likeness (QED) is 0.731. The number of carbonyl (C=O) groups excluding carboxylic acids is 1. The van der Waals surface area contributed by atoms with E-state index in [0.717, 1.165) is 32.6 Å². The SMILES string of the molecule is CN(C(=O)N1CCCC1)[C@@H]1CCNC1.Cl. The number of halogens is 1. The van der Waals surface area contributed by atoms with Gasteiger partial charge >= 0.3 is 6.03 Å². The zero-order valence-corrected chi connectivity index (χ0v) is 10.1. The van der Waals surface area contributed by atoms with Crippen LogP contribution in [0.25, 0.3) is 0 Å². The van der Waals surface area contributed by atoms with Crippen LogP contribution < -0.4 is 5.32 Å². The maximum Gasteiger partial charge on any atom is 0.320 e. The summed E-state index contributed by atoms with van der Waals surface area (Å²) in [5.41, 5.74) is 0. The molecule has 4 nitrogen and oxygen atoms in total. The minimum absolute atomic E-state index is 0. The molecule has 1 atom stereocenters. The second kappa shape index (κ2) is 5.56. The van der Waals surface area contributed by atoms with Crippen molar-refractivity contribution >= 4 is 18.4 Å². The first-order valence-electron chi connectivity index (χ1n) is 5.51. The van der Waals surface area contributed by atoms with Crippen LogP contribution in [0, 0.1) is 0 Å². The highest BCUT2D eigenvalue weighted by Gasteiger charge is 2.27. The summed E-state index contributed by atoms with van der Waals surface area (Å²) in [5.74, 6) is 0. The predicted octanol–water partition coefficient (Wildman–Crippen LogP) is 0.918. The minimum Gasteiger partial charge on any atom is -0.325 e. The van der Waals surface area contributed by atoms with Gasteiger partial charge in [-0.3, -0.25) is 0 Å². The van der Waals surface area contributed by atoms with E-state index in [1.807, 2.05) is 16.8 Å². The third-order valence-corrected chi connectivity index (χ3v) is 3.26. The van der Waals surface area contributed by atoms with Gasteiger partial charge in [0.2, 0.25) is 0 Å². The molecule has 2 aliphatic heterocycles. The first kappa shape index (κ1) is 12.6. The molecule has 0 aromatic heterocycles. The van der Waals surface area contributed by atoms with E-state index in [9.17, 15) is 4.79 Å². The largest absolute Gasteiger partial charge is 0.325 e. The summed E-state index contributed by atoms with van der Waals surface area (Å²) in [6.07, 6.45) is 3.43. The maximum atomic E-state index is 12.0. The molecule has 5 heteroatoms. The van der Waals surface area contributed by atoms with Crippen molar-refractivity contribution in [1.29, 1.82) is 0 Å². The van der Waals surface area contributed by atoms with Crippen LogP contribution in [0.1, 0.15) is 19.3 Å². The normalized spacial score (nSPS) is 25.1. The van der Waals surface area contributed by atoms with Crippen molar-refractivity contribution in [3.63, 3.8) is 0 Å². The molecule has 0 aliphatic carbocycles. The van der Waals surface area contributed by atoms with Gasteiger partial charge < -0.3 is 15.1 Å². The number of rotatable bonds is 1. The fraction of sp³-hybridized carbons (Fsp3) is 0.900. The Bertz CT molecular complexity index is 213. The van der Waals surface area contributed by atoms with E-state index in [1.54, 1.807) is 0 Å². The topological polar surface area (TPSA) is 35.6 Å². The van der Waals surface area contributed by atoms with Crippen LogP contribution in [0.5, 0.6) is 0 Å². The average molecular weight is 234 g/mol. The molecule has 0 bridgehead atoms. The van der Waals surface area contributed by atoms with Crippen LogP contribution >= 0.6 is 12.4 Å². The fourth-order valence-corrected chi connectivity index (χ4v) is 2.26. The molecule has 88 valence electrons. The number of nitrogens with one attached hydrogen (secondary N) is 1. The van der Waals surface area contributed by atoms with E-state index in [2.05, 4.69) is 5.32 Å². The number of carbonyl (C=O) groups is 1. The zero-order chi connectivity index (χ0) is 9.97. The fourth-order valence-electron chi connectivity index (χ4n) is 2.26. The van der Waals surface area contributed by atoms with Gasteiger partial charge in [0.1, 0.15) is 0 Å². The van der Waals surface area contributed by atoms with Gasteiger partial charge in [0.25, 0.3) is 0 Å². The number of urea groups is 1.